The molecule has 0 unspecified atom stereocenters. The van der Waals surface area contributed by atoms with Crippen molar-refractivity contribution in [2.24, 2.45) is 4.99 Å². The van der Waals surface area contributed by atoms with Crippen molar-refractivity contribution in [3.8, 4) is 0 Å². The van der Waals surface area contributed by atoms with E-state index in [1.54, 1.807) is 12.1 Å². The van der Waals surface area contributed by atoms with Gasteiger partial charge in [0.15, 0.2) is 5.70 Å². The summed E-state index contributed by atoms with van der Waals surface area (Å²) in [5.41, 5.74) is 1.78. The third-order valence-electron chi connectivity index (χ3n) is 2.99. The normalized spacial score (nSPS) is 15.8. The molecular formula is C15H10N2O5. The Morgan fingerprint density at radius 1 is 1.18 bits per heavy atom. The van der Waals surface area contributed by atoms with Crippen LogP contribution in [0.25, 0.3) is 6.08 Å². The molecule has 7 nitrogen and oxygen atoms in total. The molecule has 1 aromatic carbocycles. The first-order chi connectivity index (χ1) is 10.5. The SMILES string of the molecule is Cc1ccc(C2=N/C(=C\c3ccc([N+](=O)[O-])o3)C(=O)O2)cc1. The molecule has 0 bridgehead atoms. The molecule has 1 aliphatic rings. The lowest BCUT2D eigenvalue weighted by atomic mass is 10.1. The van der Waals surface area contributed by atoms with Crippen molar-refractivity contribution >= 4 is 23.8 Å². The number of aryl methyl sites for hydroxylation is 1. The summed E-state index contributed by atoms with van der Waals surface area (Å²) in [7, 11) is 0. The molecule has 7 heteroatoms. The van der Waals surface area contributed by atoms with Crippen molar-refractivity contribution in [2.45, 2.75) is 6.92 Å². The topological polar surface area (TPSA) is 94.9 Å². The highest BCUT2D eigenvalue weighted by atomic mass is 16.6. The molecule has 1 aliphatic heterocycles. The lowest BCUT2D eigenvalue weighted by molar-refractivity contribution is -0.402. The molecule has 0 fully saturated rings. The second-order valence-electron chi connectivity index (χ2n) is 4.64. The van der Waals surface area contributed by atoms with Gasteiger partial charge in [0.05, 0.1) is 6.07 Å². The Labute approximate surface area is 124 Å². The molecule has 1 aromatic heterocycles. The molecule has 3 rings (SSSR count). The number of ether oxygens (including phenoxy) is 1. The van der Waals surface area contributed by atoms with Gasteiger partial charge in [-0.05, 0) is 25.1 Å². The smallest absolute Gasteiger partial charge is 0.402 e. The van der Waals surface area contributed by atoms with Crippen molar-refractivity contribution in [3.05, 3.63) is 69.1 Å². The van der Waals surface area contributed by atoms with Crippen LogP contribution in [0.3, 0.4) is 0 Å². The van der Waals surface area contributed by atoms with Crippen LogP contribution in [0, 0.1) is 17.0 Å². The molecule has 0 saturated heterocycles. The maximum absolute atomic E-state index is 11.8. The molecule has 2 aromatic rings. The van der Waals surface area contributed by atoms with Gasteiger partial charge >= 0.3 is 11.9 Å². The summed E-state index contributed by atoms with van der Waals surface area (Å²) in [6, 6.07) is 9.94. The highest BCUT2D eigenvalue weighted by Crippen LogP contribution is 2.22. The molecule has 0 saturated carbocycles. The van der Waals surface area contributed by atoms with E-state index in [9.17, 15) is 14.9 Å². The van der Waals surface area contributed by atoms with Crippen LogP contribution in [0.5, 0.6) is 0 Å². The molecular weight excluding hydrogens is 288 g/mol. The number of hydrogen-bond donors (Lipinski definition) is 0. The van der Waals surface area contributed by atoms with Crippen LogP contribution in [0.2, 0.25) is 0 Å². The number of carbonyl (C=O) groups excluding carboxylic acids is 1. The Balaban J connectivity index is 1.90. The highest BCUT2D eigenvalue weighted by molar-refractivity contribution is 6.12. The zero-order chi connectivity index (χ0) is 15.7. The second-order valence-corrected chi connectivity index (χ2v) is 4.64. The average molecular weight is 298 g/mol. The summed E-state index contributed by atoms with van der Waals surface area (Å²) in [5.74, 6) is -0.680. The zero-order valence-electron chi connectivity index (χ0n) is 11.5. The lowest BCUT2D eigenvalue weighted by Gasteiger charge is -1.99. The predicted octanol–water partition coefficient (Wildman–Crippen LogP) is 2.84. The van der Waals surface area contributed by atoms with E-state index in [0.717, 1.165) is 5.56 Å². The van der Waals surface area contributed by atoms with E-state index >= 15 is 0 Å². The van der Waals surface area contributed by atoms with Gasteiger partial charge in [-0.3, -0.25) is 10.1 Å². The number of carbonyl (C=O) groups is 1. The first-order valence-corrected chi connectivity index (χ1v) is 6.37. The number of furan rings is 1. The van der Waals surface area contributed by atoms with Gasteiger partial charge in [-0.25, -0.2) is 9.79 Å². The van der Waals surface area contributed by atoms with Crippen LogP contribution >= 0.6 is 0 Å². The molecule has 0 spiro atoms. The number of cyclic esters (lactones) is 1. The summed E-state index contributed by atoms with van der Waals surface area (Å²) < 4.78 is 10.1. The number of rotatable bonds is 3. The molecule has 0 amide bonds. The van der Waals surface area contributed by atoms with E-state index in [1.165, 1.54) is 18.2 Å². The van der Waals surface area contributed by atoms with Crippen LogP contribution in [0.1, 0.15) is 16.9 Å². The fourth-order valence-electron chi connectivity index (χ4n) is 1.88. The predicted molar refractivity (Wildman–Crippen MR) is 77.1 cm³/mol. The van der Waals surface area contributed by atoms with E-state index < -0.39 is 16.8 Å². The molecule has 0 aliphatic carbocycles. The third-order valence-corrected chi connectivity index (χ3v) is 2.99. The minimum atomic E-state index is -0.657. The third kappa shape index (κ3) is 2.64. The molecule has 22 heavy (non-hydrogen) atoms. The summed E-state index contributed by atoms with van der Waals surface area (Å²) in [6.45, 7) is 1.95. The fraction of sp³-hybridized carbons (Fsp3) is 0.0667. The second kappa shape index (κ2) is 5.28. The van der Waals surface area contributed by atoms with Gasteiger partial charge < -0.3 is 9.15 Å². The van der Waals surface area contributed by atoms with Crippen LogP contribution in [0.15, 0.2) is 51.5 Å². The standard InChI is InChI=1S/C15H10N2O5/c1-9-2-4-10(5-3-9)14-16-12(15(18)22-14)8-11-6-7-13(21-11)17(19)20/h2-8H,1H3/b12-8-. The van der Waals surface area contributed by atoms with Crippen LogP contribution in [-0.4, -0.2) is 16.8 Å². The number of nitrogens with zero attached hydrogens (tertiary/aromatic N) is 2. The quantitative estimate of drug-likeness (QED) is 0.376. The van der Waals surface area contributed by atoms with E-state index in [4.69, 9.17) is 9.15 Å². The first kappa shape index (κ1) is 13.7. The Morgan fingerprint density at radius 3 is 2.55 bits per heavy atom. The van der Waals surface area contributed by atoms with E-state index in [2.05, 4.69) is 4.99 Å². The van der Waals surface area contributed by atoms with Crippen molar-refractivity contribution in [1.29, 1.82) is 0 Å². The van der Waals surface area contributed by atoms with Gasteiger partial charge in [0.25, 0.3) is 0 Å². The molecule has 110 valence electrons. The Bertz CT molecular complexity index is 815. The summed E-state index contributed by atoms with van der Waals surface area (Å²) in [4.78, 5) is 25.8. The number of aliphatic imine (C=N–C) groups is 1. The summed E-state index contributed by atoms with van der Waals surface area (Å²) >= 11 is 0. The van der Waals surface area contributed by atoms with Gasteiger partial charge in [-0.15, -0.1) is 0 Å². The number of nitro groups is 1. The van der Waals surface area contributed by atoms with Crippen molar-refractivity contribution in [3.63, 3.8) is 0 Å². The van der Waals surface area contributed by atoms with Crippen LogP contribution in [0.4, 0.5) is 5.88 Å². The van der Waals surface area contributed by atoms with Gasteiger partial charge in [-0.2, -0.15) is 0 Å². The largest absolute Gasteiger partial charge is 0.433 e. The number of hydrogen-bond acceptors (Lipinski definition) is 6. The number of benzene rings is 1. The molecule has 0 N–H and O–H groups in total. The van der Waals surface area contributed by atoms with Crippen molar-refractivity contribution in [1.82, 2.24) is 0 Å². The van der Waals surface area contributed by atoms with E-state index in [0.29, 0.717) is 5.56 Å². The van der Waals surface area contributed by atoms with Gasteiger partial charge in [-0.1, -0.05) is 17.7 Å². The Morgan fingerprint density at radius 2 is 1.91 bits per heavy atom. The van der Waals surface area contributed by atoms with Crippen LogP contribution < -0.4 is 0 Å². The Kier molecular flexibility index (Phi) is 3.30. The van der Waals surface area contributed by atoms with Crippen molar-refractivity contribution in [2.75, 3.05) is 0 Å². The van der Waals surface area contributed by atoms with Crippen molar-refractivity contribution < 1.29 is 18.9 Å². The molecule has 0 atom stereocenters. The van der Waals surface area contributed by atoms with Crippen LogP contribution in [-0.2, 0) is 9.53 Å². The monoisotopic (exact) mass is 298 g/mol. The maximum atomic E-state index is 11.8. The minimum absolute atomic E-state index is 0.0276. The summed E-state index contributed by atoms with van der Waals surface area (Å²) in [5, 5.41) is 10.6. The fourth-order valence-corrected chi connectivity index (χ4v) is 1.88. The minimum Gasteiger partial charge on any atom is -0.402 e. The lowest BCUT2D eigenvalue weighted by Crippen LogP contribution is -2.05. The van der Waals surface area contributed by atoms with Gasteiger partial charge in [0.2, 0.25) is 5.90 Å². The first-order valence-electron chi connectivity index (χ1n) is 6.37. The van der Waals surface area contributed by atoms with E-state index in [-0.39, 0.29) is 17.4 Å². The molecule has 0 radical (unpaired) electrons. The highest BCUT2D eigenvalue weighted by Gasteiger charge is 2.25. The average Bonchev–Trinajstić information content (AvgIpc) is 3.08. The van der Waals surface area contributed by atoms with Gasteiger partial charge in [0, 0.05) is 11.6 Å². The van der Waals surface area contributed by atoms with E-state index in [1.807, 2.05) is 19.1 Å². The Hall–Kier alpha value is -3.22. The zero-order valence-corrected chi connectivity index (χ0v) is 11.5. The van der Waals surface area contributed by atoms with Gasteiger partial charge in [0.1, 0.15) is 10.7 Å². The number of esters is 1. The summed E-state index contributed by atoms with van der Waals surface area (Å²) in [6.07, 6.45) is 1.30. The maximum Gasteiger partial charge on any atom is 0.433 e. The molecule has 2 heterocycles.